The van der Waals surface area contributed by atoms with Crippen LogP contribution >= 0.6 is 23.2 Å². The fraction of sp³-hybridized carbons (Fsp3) is 0.429. The summed E-state index contributed by atoms with van der Waals surface area (Å²) in [4.78, 5) is 29.9. The first-order chi connectivity index (χ1) is 14.6. The number of rotatable bonds is 6. The number of sulfonamides is 1. The van der Waals surface area contributed by atoms with E-state index in [0.29, 0.717) is 23.4 Å². The Morgan fingerprint density at radius 1 is 1.13 bits per heavy atom. The fourth-order valence-corrected chi connectivity index (χ4v) is 6.11. The van der Waals surface area contributed by atoms with Crippen LogP contribution in [0.3, 0.4) is 0 Å². The first-order valence-corrected chi connectivity index (χ1v) is 12.2. The molecule has 168 valence electrons. The van der Waals surface area contributed by atoms with E-state index in [1.807, 2.05) is 6.92 Å². The summed E-state index contributed by atoms with van der Waals surface area (Å²) in [5.74, 6) is -0.303. The van der Waals surface area contributed by atoms with Crippen LogP contribution in [0.15, 0.2) is 23.1 Å². The summed E-state index contributed by atoms with van der Waals surface area (Å²) < 4.78 is 27.3. The normalized spacial score (nSPS) is 15.3. The molecule has 1 aliphatic rings. The lowest BCUT2D eigenvalue weighted by molar-refractivity contribution is 0.0691. The Morgan fingerprint density at radius 3 is 2.35 bits per heavy atom. The number of piperazine rings is 1. The highest BCUT2D eigenvalue weighted by molar-refractivity contribution is 7.89. The minimum atomic E-state index is -3.83. The van der Waals surface area contributed by atoms with Crippen LogP contribution < -0.4 is 0 Å². The fourth-order valence-electron chi connectivity index (χ4n) is 3.95. The third-order valence-corrected chi connectivity index (χ3v) is 8.29. The predicted octanol–water partition coefficient (Wildman–Crippen LogP) is 3.93. The minimum absolute atomic E-state index is 0.00879. The van der Waals surface area contributed by atoms with E-state index in [1.54, 1.807) is 11.8 Å². The number of aromatic amines is 1. The summed E-state index contributed by atoms with van der Waals surface area (Å²) in [6.45, 7) is 6.01. The van der Waals surface area contributed by atoms with Gasteiger partial charge >= 0.3 is 0 Å². The maximum Gasteiger partial charge on any atom is 0.270 e. The largest absolute Gasteiger partial charge is 0.354 e. The Bertz CT molecular complexity index is 1120. The van der Waals surface area contributed by atoms with Gasteiger partial charge in [-0.15, -0.1) is 0 Å². The molecule has 1 fully saturated rings. The summed E-state index contributed by atoms with van der Waals surface area (Å²) in [5, 5.41) is 0.161. The van der Waals surface area contributed by atoms with Gasteiger partial charge in [0.25, 0.3) is 5.91 Å². The molecule has 1 N–H and O–H groups in total. The summed E-state index contributed by atoms with van der Waals surface area (Å²) in [7, 11) is -3.83. The average Bonchev–Trinajstić information content (AvgIpc) is 3.06. The number of aryl methyl sites for hydroxylation is 1. The van der Waals surface area contributed by atoms with Crippen LogP contribution in [0.4, 0.5) is 0 Å². The quantitative estimate of drug-likeness (QED) is 0.627. The molecule has 0 bridgehead atoms. The highest BCUT2D eigenvalue weighted by Gasteiger charge is 2.33. The van der Waals surface area contributed by atoms with Crippen molar-refractivity contribution < 1.29 is 18.0 Å². The van der Waals surface area contributed by atoms with Crippen LogP contribution in [-0.4, -0.2) is 60.5 Å². The number of aromatic nitrogens is 1. The van der Waals surface area contributed by atoms with Crippen molar-refractivity contribution in [3.8, 4) is 0 Å². The zero-order valence-electron chi connectivity index (χ0n) is 17.7. The van der Waals surface area contributed by atoms with E-state index in [2.05, 4.69) is 4.98 Å². The van der Waals surface area contributed by atoms with Crippen molar-refractivity contribution in [2.45, 2.75) is 38.5 Å². The Morgan fingerprint density at radius 2 is 1.77 bits per heavy atom. The van der Waals surface area contributed by atoms with Crippen molar-refractivity contribution in [1.29, 1.82) is 0 Å². The minimum Gasteiger partial charge on any atom is -0.354 e. The standard InChI is InChI=1S/C21H25Cl2N3O4S/c1-4-6-15-18(14(3)27)13(2)24-20(15)21(28)25-9-11-26(12-10-25)31(29,30)17-8-5-7-16(22)19(17)23/h5,7-8,24H,4,6,9-12H2,1-3H3. The molecule has 1 aliphatic heterocycles. The lowest BCUT2D eigenvalue weighted by Crippen LogP contribution is -2.50. The third-order valence-electron chi connectivity index (χ3n) is 5.42. The number of carbonyl (C=O) groups is 2. The van der Waals surface area contributed by atoms with E-state index < -0.39 is 10.0 Å². The van der Waals surface area contributed by atoms with Crippen LogP contribution in [0.25, 0.3) is 0 Å². The van der Waals surface area contributed by atoms with Crippen molar-refractivity contribution in [2.24, 2.45) is 0 Å². The number of hydrogen-bond donors (Lipinski definition) is 1. The van der Waals surface area contributed by atoms with Gasteiger partial charge in [0, 0.05) is 37.4 Å². The van der Waals surface area contributed by atoms with Gasteiger partial charge in [-0.05, 0) is 38.0 Å². The van der Waals surface area contributed by atoms with Gasteiger partial charge < -0.3 is 9.88 Å². The number of Topliss-reactive ketones (excluding diaryl/α,β-unsaturated/α-hetero) is 1. The number of carbonyl (C=O) groups excluding carboxylic acids is 2. The smallest absolute Gasteiger partial charge is 0.270 e. The summed E-state index contributed by atoms with van der Waals surface area (Å²) >= 11 is 12.1. The van der Waals surface area contributed by atoms with Gasteiger partial charge in [0.15, 0.2) is 5.78 Å². The zero-order chi connectivity index (χ0) is 22.9. The van der Waals surface area contributed by atoms with Gasteiger partial charge in [-0.25, -0.2) is 8.42 Å². The van der Waals surface area contributed by atoms with E-state index in [-0.39, 0.29) is 52.8 Å². The lowest BCUT2D eigenvalue weighted by Gasteiger charge is -2.34. The van der Waals surface area contributed by atoms with E-state index in [0.717, 1.165) is 12.0 Å². The second kappa shape index (κ2) is 9.32. The molecule has 1 amide bonds. The molecule has 0 unspecified atom stereocenters. The monoisotopic (exact) mass is 485 g/mol. The zero-order valence-corrected chi connectivity index (χ0v) is 20.0. The van der Waals surface area contributed by atoms with Gasteiger partial charge in [0.2, 0.25) is 10.0 Å². The van der Waals surface area contributed by atoms with Gasteiger partial charge in [-0.3, -0.25) is 9.59 Å². The van der Waals surface area contributed by atoms with E-state index in [4.69, 9.17) is 23.2 Å². The Kier molecular flexibility index (Phi) is 7.15. The molecule has 0 spiro atoms. The molecule has 2 aromatic rings. The van der Waals surface area contributed by atoms with Crippen LogP contribution in [0.5, 0.6) is 0 Å². The first kappa shape index (κ1) is 23.8. The van der Waals surface area contributed by atoms with Gasteiger partial charge in [0.1, 0.15) is 10.6 Å². The molecule has 31 heavy (non-hydrogen) atoms. The van der Waals surface area contributed by atoms with Crippen molar-refractivity contribution in [1.82, 2.24) is 14.2 Å². The molecule has 1 aromatic heterocycles. The van der Waals surface area contributed by atoms with E-state index in [9.17, 15) is 18.0 Å². The molecule has 0 atom stereocenters. The number of benzene rings is 1. The highest BCUT2D eigenvalue weighted by atomic mass is 35.5. The number of H-pyrrole nitrogens is 1. The van der Waals surface area contributed by atoms with Crippen molar-refractivity contribution >= 4 is 44.9 Å². The Labute approximate surface area is 192 Å². The third kappa shape index (κ3) is 4.53. The molecule has 7 nitrogen and oxygen atoms in total. The molecular formula is C21H25Cl2N3O4S. The van der Waals surface area contributed by atoms with Crippen molar-refractivity contribution in [3.63, 3.8) is 0 Å². The molecule has 0 aliphatic carbocycles. The molecule has 1 aromatic carbocycles. The van der Waals surface area contributed by atoms with Gasteiger partial charge in [0.05, 0.1) is 10.0 Å². The van der Waals surface area contributed by atoms with Crippen LogP contribution in [0.1, 0.15) is 52.4 Å². The van der Waals surface area contributed by atoms with Crippen LogP contribution in [0.2, 0.25) is 10.0 Å². The average molecular weight is 486 g/mol. The Hall–Kier alpha value is -1.87. The van der Waals surface area contributed by atoms with Crippen molar-refractivity contribution in [2.75, 3.05) is 26.2 Å². The number of halogens is 2. The molecule has 1 saturated heterocycles. The molecule has 10 heteroatoms. The molecule has 0 saturated carbocycles. The summed E-state index contributed by atoms with van der Waals surface area (Å²) in [6, 6.07) is 4.49. The number of nitrogens with one attached hydrogen (secondary N) is 1. The second-order valence-corrected chi connectivity index (χ2v) is 10.2. The SMILES string of the molecule is CCCc1c(C(=O)N2CCN(S(=O)(=O)c3cccc(Cl)c3Cl)CC2)[nH]c(C)c1C(C)=O. The maximum atomic E-state index is 13.2. The van der Waals surface area contributed by atoms with E-state index >= 15 is 0 Å². The summed E-state index contributed by atoms with van der Waals surface area (Å²) in [6.07, 6.45) is 1.41. The molecule has 2 heterocycles. The van der Waals surface area contributed by atoms with Crippen LogP contribution in [0, 0.1) is 6.92 Å². The predicted molar refractivity (Wildman–Crippen MR) is 121 cm³/mol. The van der Waals surface area contributed by atoms with Gasteiger partial charge in [-0.1, -0.05) is 42.6 Å². The number of hydrogen-bond acceptors (Lipinski definition) is 4. The number of nitrogens with zero attached hydrogens (tertiary/aromatic N) is 2. The first-order valence-electron chi connectivity index (χ1n) is 10.0. The topological polar surface area (TPSA) is 90.6 Å². The lowest BCUT2D eigenvalue weighted by atomic mass is 10.0. The van der Waals surface area contributed by atoms with E-state index in [1.165, 1.54) is 29.4 Å². The van der Waals surface area contributed by atoms with Crippen LogP contribution in [-0.2, 0) is 16.4 Å². The molecule has 3 rings (SSSR count). The van der Waals surface area contributed by atoms with Gasteiger partial charge in [-0.2, -0.15) is 4.31 Å². The molecular weight excluding hydrogens is 461 g/mol. The molecule has 0 radical (unpaired) electrons. The maximum absolute atomic E-state index is 13.2. The summed E-state index contributed by atoms with van der Waals surface area (Å²) in [5.41, 5.74) is 2.40. The number of amides is 1. The Balaban J connectivity index is 1.80. The second-order valence-electron chi connectivity index (χ2n) is 7.53. The van der Waals surface area contributed by atoms with Crippen molar-refractivity contribution in [3.05, 3.63) is 50.8 Å². The number of ketones is 1. The highest BCUT2D eigenvalue weighted by Crippen LogP contribution is 2.31.